The summed E-state index contributed by atoms with van der Waals surface area (Å²) >= 11 is 0. The Hall–Kier alpha value is -3.13. The highest BCUT2D eigenvalue weighted by Crippen LogP contribution is 2.66. The van der Waals surface area contributed by atoms with Crippen LogP contribution in [0.5, 0.6) is 0 Å². The number of nitriles is 1. The van der Waals surface area contributed by atoms with E-state index >= 15 is 0 Å². The van der Waals surface area contributed by atoms with Gasteiger partial charge in [-0.05, 0) is 84.6 Å². The van der Waals surface area contributed by atoms with Crippen LogP contribution in [0.25, 0.3) is 0 Å². The molecular formula is C28H33N3O2. The first-order valence-corrected chi connectivity index (χ1v) is 11.5. The van der Waals surface area contributed by atoms with Crippen molar-refractivity contribution < 1.29 is 9.59 Å². The van der Waals surface area contributed by atoms with E-state index in [4.69, 9.17) is 0 Å². The third kappa shape index (κ3) is 2.89. The molecule has 1 atom stereocenters. The SMILES string of the molecule is Cc1cc(C)c(N2C(=O)C(C)(C)C(=O)N(c3c(C)cc(C)cc3C)C23CC3(C)C#N)c(C)c1. The molecule has 4 rings (SSSR count). The third-order valence-electron chi connectivity index (χ3n) is 7.54. The van der Waals surface area contributed by atoms with Gasteiger partial charge in [0.05, 0.1) is 17.4 Å². The average molecular weight is 444 g/mol. The van der Waals surface area contributed by atoms with Crippen LogP contribution >= 0.6 is 0 Å². The predicted molar refractivity (Wildman–Crippen MR) is 131 cm³/mol. The Bertz CT molecular complexity index is 1140. The van der Waals surface area contributed by atoms with E-state index < -0.39 is 16.5 Å². The van der Waals surface area contributed by atoms with Gasteiger partial charge in [0.2, 0.25) is 11.8 Å². The van der Waals surface area contributed by atoms with Gasteiger partial charge >= 0.3 is 0 Å². The van der Waals surface area contributed by atoms with Crippen LogP contribution in [0, 0.1) is 63.7 Å². The van der Waals surface area contributed by atoms with Crippen molar-refractivity contribution in [2.24, 2.45) is 10.8 Å². The second-order valence-corrected chi connectivity index (χ2v) is 10.8. The van der Waals surface area contributed by atoms with E-state index in [1.165, 1.54) is 0 Å². The number of amides is 2. The van der Waals surface area contributed by atoms with Crippen LogP contribution in [0.15, 0.2) is 24.3 Å². The molecule has 2 aliphatic rings. The van der Waals surface area contributed by atoms with Crippen molar-refractivity contribution in [3.8, 4) is 6.07 Å². The first-order chi connectivity index (χ1) is 15.2. The second-order valence-electron chi connectivity index (χ2n) is 10.8. The summed E-state index contributed by atoms with van der Waals surface area (Å²) in [5.41, 5.74) is 4.48. The van der Waals surface area contributed by atoms with Crippen molar-refractivity contribution in [3.63, 3.8) is 0 Å². The lowest BCUT2D eigenvalue weighted by atomic mass is 9.82. The maximum absolute atomic E-state index is 14.1. The van der Waals surface area contributed by atoms with Crippen LogP contribution in [0.2, 0.25) is 0 Å². The highest BCUT2D eigenvalue weighted by atomic mass is 16.2. The van der Waals surface area contributed by atoms with Gasteiger partial charge in [-0.25, -0.2) is 0 Å². The molecule has 0 N–H and O–H groups in total. The number of hydrogen-bond acceptors (Lipinski definition) is 3. The molecule has 1 aliphatic heterocycles. The molecule has 0 radical (unpaired) electrons. The van der Waals surface area contributed by atoms with E-state index in [1.54, 1.807) is 23.6 Å². The number of benzene rings is 2. The number of carbonyl (C=O) groups is 2. The second kappa shape index (κ2) is 6.93. The summed E-state index contributed by atoms with van der Waals surface area (Å²) in [5.74, 6) is -0.500. The van der Waals surface area contributed by atoms with Crippen molar-refractivity contribution in [3.05, 3.63) is 57.6 Å². The maximum Gasteiger partial charge on any atom is 0.244 e. The van der Waals surface area contributed by atoms with Gasteiger partial charge < -0.3 is 0 Å². The van der Waals surface area contributed by atoms with Crippen molar-refractivity contribution in [1.29, 1.82) is 5.26 Å². The Kier molecular flexibility index (Phi) is 4.84. The Morgan fingerprint density at radius 1 is 0.727 bits per heavy atom. The fourth-order valence-electron chi connectivity index (χ4n) is 5.94. The summed E-state index contributed by atoms with van der Waals surface area (Å²) in [7, 11) is 0. The molecule has 1 aliphatic carbocycles. The lowest BCUT2D eigenvalue weighted by Crippen LogP contribution is -2.70. The van der Waals surface area contributed by atoms with E-state index in [-0.39, 0.29) is 11.8 Å². The van der Waals surface area contributed by atoms with Gasteiger partial charge in [0.25, 0.3) is 0 Å². The topological polar surface area (TPSA) is 64.4 Å². The Morgan fingerprint density at radius 3 is 1.33 bits per heavy atom. The highest BCUT2D eigenvalue weighted by Gasteiger charge is 2.79. The minimum absolute atomic E-state index is 0.250. The van der Waals surface area contributed by atoms with Crippen LogP contribution < -0.4 is 9.80 Å². The Balaban J connectivity index is 2.10. The molecular weight excluding hydrogens is 410 g/mol. The molecule has 0 bridgehead atoms. The van der Waals surface area contributed by atoms with Crippen molar-refractivity contribution in [2.45, 2.75) is 74.4 Å². The summed E-state index contributed by atoms with van der Waals surface area (Å²) in [6, 6.07) is 10.7. The van der Waals surface area contributed by atoms with Gasteiger partial charge in [-0.2, -0.15) is 5.26 Å². The molecule has 2 aromatic carbocycles. The lowest BCUT2D eigenvalue weighted by Gasteiger charge is -2.52. The molecule has 1 heterocycles. The molecule has 0 aromatic heterocycles. The van der Waals surface area contributed by atoms with Crippen LogP contribution in [0.1, 0.15) is 60.6 Å². The number of hydrogen-bond donors (Lipinski definition) is 0. The molecule has 1 unspecified atom stereocenters. The molecule has 5 heteroatoms. The highest BCUT2D eigenvalue weighted by molar-refractivity contribution is 6.22. The molecule has 1 saturated heterocycles. The number of aryl methyl sites for hydroxylation is 6. The summed E-state index contributed by atoms with van der Waals surface area (Å²) in [4.78, 5) is 31.7. The zero-order valence-electron chi connectivity index (χ0n) is 21.2. The fourth-order valence-corrected chi connectivity index (χ4v) is 5.94. The average Bonchev–Trinajstić information content (AvgIpc) is 3.31. The standard InChI is InChI=1S/C28H33N3O2/c1-16-10-18(3)22(19(4)11-16)30-24(32)26(7,8)25(33)31(28(30)14-27(28,9)15-29)23-20(5)12-17(2)13-21(23)6/h10-13H,14H2,1-9H3. The van der Waals surface area contributed by atoms with E-state index in [9.17, 15) is 14.9 Å². The molecule has 33 heavy (non-hydrogen) atoms. The smallest absolute Gasteiger partial charge is 0.244 e. The first kappa shape index (κ1) is 23.0. The summed E-state index contributed by atoms with van der Waals surface area (Å²) in [6.45, 7) is 17.3. The van der Waals surface area contributed by atoms with Crippen molar-refractivity contribution >= 4 is 23.2 Å². The Morgan fingerprint density at radius 2 is 1.06 bits per heavy atom. The fraction of sp³-hybridized carbons (Fsp3) is 0.464. The van der Waals surface area contributed by atoms with Crippen molar-refractivity contribution in [1.82, 2.24) is 0 Å². The summed E-state index contributed by atoms with van der Waals surface area (Å²) in [6.07, 6.45) is 0.406. The Labute approximate surface area is 197 Å². The minimum Gasteiger partial charge on any atom is -0.285 e. The molecule has 2 aromatic rings. The zero-order valence-corrected chi connectivity index (χ0v) is 21.2. The largest absolute Gasteiger partial charge is 0.285 e. The normalized spacial score (nSPS) is 23.2. The molecule has 172 valence electrons. The summed E-state index contributed by atoms with van der Waals surface area (Å²) < 4.78 is 0. The third-order valence-corrected chi connectivity index (χ3v) is 7.54. The van der Waals surface area contributed by atoms with Crippen LogP contribution in [0.4, 0.5) is 11.4 Å². The monoisotopic (exact) mass is 443 g/mol. The zero-order chi connectivity index (χ0) is 24.7. The van der Waals surface area contributed by atoms with E-state index in [1.807, 2.05) is 48.5 Å². The van der Waals surface area contributed by atoms with Crippen LogP contribution in [-0.2, 0) is 9.59 Å². The van der Waals surface area contributed by atoms with Crippen LogP contribution in [-0.4, -0.2) is 17.5 Å². The van der Waals surface area contributed by atoms with Crippen molar-refractivity contribution in [2.75, 3.05) is 9.80 Å². The van der Waals surface area contributed by atoms with Gasteiger partial charge in [0.15, 0.2) is 0 Å². The van der Waals surface area contributed by atoms with E-state index in [2.05, 4.69) is 30.3 Å². The van der Waals surface area contributed by atoms with Gasteiger partial charge in [0, 0.05) is 6.42 Å². The molecule has 5 nitrogen and oxygen atoms in total. The minimum atomic E-state index is -1.27. The van der Waals surface area contributed by atoms with E-state index in [0.29, 0.717) is 6.42 Å². The number of anilines is 2. The van der Waals surface area contributed by atoms with Crippen LogP contribution in [0.3, 0.4) is 0 Å². The summed E-state index contributed by atoms with van der Waals surface area (Å²) in [5, 5.41) is 10.3. The molecule has 1 saturated carbocycles. The number of carbonyl (C=O) groups excluding carboxylic acids is 2. The van der Waals surface area contributed by atoms with Gasteiger partial charge in [-0.1, -0.05) is 35.4 Å². The molecule has 1 spiro atoms. The van der Waals surface area contributed by atoms with Gasteiger partial charge in [0.1, 0.15) is 16.5 Å². The van der Waals surface area contributed by atoms with E-state index in [0.717, 1.165) is 44.8 Å². The number of rotatable bonds is 2. The van der Waals surface area contributed by atoms with Gasteiger partial charge in [-0.3, -0.25) is 19.4 Å². The van der Waals surface area contributed by atoms with Gasteiger partial charge in [-0.15, -0.1) is 0 Å². The predicted octanol–water partition coefficient (Wildman–Crippen LogP) is 5.57. The molecule has 2 amide bonds. The first-order valence-electron chi connectivity index (χ1n) is 11.5. The molecule has 2 fully saturated rings. The number of nitrogens with zero attached hydrogens (tertiary/aromatic N) is 3. The quantitative estimate of drug-likeness (QED) is 0.570. The lowest BCUT2D eigenvalue weighted by molar-refractivity contribution is -0.142. The maximum atomic E-state index is 14.1.